The highest BCUT2D eigenvalue weighted by Gasteiger charge is 2.47. The Labute approximate surface area is 110 Å². The predicted molar refractivity (Wildman–Crippen MR) is 61.7 cm³/mol. The van der Waals surface area contributed by atoms with Crippen molar-refractivity contribution in [1.82, 2.24) is 19.5 Å². The van der Waals surface area contributed by atoms with Crippen LogP contribution in [0.1, 0.15) is 6.23 Å². The van der Waals surface area contributed by atoms with Gasteiger partial charge < -0.3 is 25.0 Å². The van der Waals surface area contributed by atoms with Crippen LogP contribution in [0, 0.1) is 0 Å². The van der Waals surface area contributed by atoms with Crippen molar-refractivity contribution in [2.45, 2.75) is 24.5 Å². The van der Waals surface area contributed by atoms with Crippen molar-refractivity contribution >= 4 is 17.1 Å². The van der Waals surface area contributed by atoms with Crippen molar-refractivity contribution < 1.29 is 24.9 Å². The fourth-order valence-corrected chi connectivity index (χ4v) is 2.14. The quantitative estimate of drug-likeness (QED) is 0.485. The number of ether oxygens (including phenoxy) is 1. The van der Waals surface area contributed by atoms with Crippen molar-refractivity contribution in [2.24, 2.45) is 0 Å². The lowest BCUT2D eigenvalue weighted by Crippen LogP contribution is -2.35. The summed E-state index contributed by atoms with van der Waals surface area (Å²) in [6.45, 7) is 0. The van der Waals surface area contributed by atoms with E-state index in [2.05, 4.69) is 15.0 Å². The van der Waals surface area contributed by atoms with Crippen LogP contribution < -0.4 is 5.56 Å². The second-order valence-corrected chi connectivity index (χ2v) is 4.32. The van der Waals surface area contributed by atoms with Crippen LogP contribution in [-0.4, -0.2) is 59.1 Å². The standard InChI is InChI=1S/C10H10N4O6/c15-4-5(16)9(20-6(4)10(18)19)14-2-13-3-7(14)11-1-12-8(3)17/h1-2,4-6,9,15-16H,(H,18,19)(H,11,12,17). The average Bonchev–Trinajstić information content (AvgIpc) is 2.94. The molecule has 4 atom stereocenters. The van der Waals surface area contributed by atoms with Gasteiger partial charge in [-0.15, -0.1) is 0 Å². The highest BCUT2D eigenvalue weighted by Crippen LogP contribution is 2.30. The molecule has 10 nitrogen and oxygen atoms in total. The third kappa shape index (κ3) is 1.70. The molecule has 1 aliphatic heterocycles. The summed E-state index contributed by atoms with van der Waals surface area (Å²) in [6, 6.07) is 0. The van der Waals surface area contributed by atoms with Crippen LogP contribution in [0.5, 0.6) is 0 Å². The minimum atomic E-state index is -1.59. The minimum Gasteiger partial charge on any atom is -0.479 e. The first-order valence-electron chi connectivity index (χ1n) is 5.65. The molecule has 1 aliphatic rings. The van der Waals surface area contributed by atoms with Crippen LogP contribution >= 0.6 is 0 Å². The number of imidazole rings is 1. The lowest BCUT2D eigenvalue weighted by molar-refractivity contribution is -0.155. The van der Waals surface area contributed by atoms with E-state index in [1.807, 2.05) is 0 Å². The smallest absolute Gasteiger partial charge is 0.335 e. The maximum absolute atomic E-state index is 11.5. The minimum absolute atomic E-state index is 0.0246. The van der Waals surface area contributed by atoms with Crippen LogP contribution in [0.3, 0.4) is 0 Å². The van der Waals surface area contributed by atoms with Crippen molar-refractivity contribution in [2.75, 3.05) is 0 Å². The molecule has 0 radical (unpaired) electrons. The van der Waals surface area contributed by atoms with E-state index in [0.29, 0.717) is 0 Å². The lowest BCUT2D eigenvalue weighted by atomic mass is 10.1. The van der Waals surface area contributed by atoms with Gasteiger partial charge in [0.15, 0.2) is 23.5 Å². The Morgan fingerprint density at radius 2 is 2.10 bits per heavy atom. The Balaban J connectivity index is 2.06. The summed E-state index contributed by atoms with van der Waals surface area (Å²) >= 11 is 0. The zero-order valence-electron chi connectivity index (χ0n) is 9.87. The number of carboxylic acid groups (broad SMARTS) is 1. The number of carboxylic acids is 1. The van der Waals surface area contributed by atoms with E-state index < -0.39 is 36.1 Å². The Bertz CT molecular complexity index is 724. The van der Waals surface area contributed by atoms with Crippen molar-refractivity contribution in [3.63, 3.8) is 0 Å². The first-order chi connectivity index (χ1) is 9.50. The van der Waals surface area contributed by atoms with Gasteiger partial charge in [-0.2, -0.15) is 0 Å². The molecule has 3 rings (SSSR count). The molecular formula is C10H10N4O6. The molecule has 10 heteroatoms. The van der Waals surface area contributed by atoms with Gasteiger partial charge in [0, 0.05) is 0 Å². The lowest BCUT2D eigenvalue weighted by Gasteiger charge is -2.15. The van der Waals surface area contributed by atoms with Gasteiger partial charge in [-0.05, 0) is 0 Å². The first-order valence-corrected chi connectivity index (χ1v) is 5.65. The van der Waals surface area contributed by atoms with Crippen LogP contribution in [0.4, 0.5) is 0 Å². The van der Waals surface area contributed by atoms with Crippen LogP contribution in [0.15, 0.2) is 17.4 Å². The number of aliphatic carboxylic acids is 1. The van der Waals surface area contributed by atoms with Crippen LogP contribution in [-0.2, 0) is 9.53 Å². The van der Waals surface area contributed by atoms with E-state index in [1.165, 1.54) is 10.9 Å². The molecule has 0 spiro atoms. The molecule has 1 saturated heterocycles. The number of aliphatic hydroxyl groups is 2. The Hall–Kier alpha value is -2.30. The van der Waals surface area contributed by atoms with Gasteiger partial charge >= 0.3 is 5.97 Å². The van der Waals surface area contributed by atoms with E-state index in [4.69, 9.17) is 9.84 Å². The summed E-state index contributed by atoms with van der Waals surface area (Å²) in [5.74, 6) is -1.39. The number of aromatic amines is 1. The van der Waals surface area contributed by atoms with E-state index in [0.717, 1.165) is 6.33 Å². The normalized spacial score (nSPS) is 29.9. The molecule has 0 amide bonds. The number of carbonyl (C=O) groups is 1. The summed E-state index contributed by atoms with van der Waals surface area (Å²) in [5, 5.41) is 28.4. The maximum atomic E-state index is 11.5. The molecule has 1 fully saturated rings. The number of hydrogen-bond donors (Lipinski definition) is 4. The summed E-state index contributed by atoms with van der Waals surface area (Å²) in [7, 11) is 0. The number of hydrogen-bond acceptors (Lipinski definition) is 7. The Kier molecular flexibility index (Phi) is 2.78. The molecule has 106 valence electrons. The molecule has 4 unspecified atom stereocenters. The molecule has 0 bridgehead atoms. The average molecular weight is 282 g/mol. The van der Waals surface area contributed by atoms with Gasteiger partial charge in [0.1, 0.15) is 12.2 Å². The molecule has 3 heterocycles. The second kappa shape index (κ2) is 4.37. The molecule has 0 saturated carbocycles. The zero-order valence-corrected chi connectivity index (χ0v) is 9.87. The van der Waals surface area contributed by atoms with Crippen molar-refractivity contribution in [3.05, 3.63) is 23.0 Å². The Morgan fingerprint density at radius 3 is 2.75 bits per heavy atom. The monoisotopic (exact) mass is 282 g/mol. The van der Waals surface area contributed by atoms with Gasteiger partial charge in [0.05, 0.1) is 12.7 Å². The number of H-pyrrole nitrogens is 1. The first kappa shape index (κ1) is 12.7. The predicted octanol–water partition coefficient (Wildman–Crippen LogP) is -2.18. The molecule has 4 N–H and O–H groups in total. The Morgan fingerprint density at radius 1 is 1.35 bits per heavy atom. The summed E-state index contributed by atoms with van der Waals surface area (Å²) in [6.07, 6.45) is -3.47. The molecular weight excluding hydrogens is 272 g/mol. The third-order valence-corrected chi connectivity index (χ3v) is 3.12. The highest BCUT2D eigenvalue weighted by atomic mass is 16.6. The van der Waals surface area contributed by atoms with Gasteiger partial charge in [-0.3, -0.25) is 9.36 Å². The van der Waals surface area contributed by atoms with E-state index in [9.17, 15) is 19.8 Å². The molecule has 2 aromatic rings. The van der Waals surface area contributed by atoms with E-state index in [1.54, 1.807) is 0 Å². The molecule has 0 aliphatic carbocycles. The number of rotatable bonds is 2. The highest BCUT2D eigenvalue weighted by molar-refractivity contribution is 5.74. The summed E-state index contributed by atoms with van der Waals surface area (Å²) < 4.78 is 6.32. The second-order valence-electron chi connectivity index (χ2n) is 4.32. The number of fused-ring (bicyclic) bond motifs is 1. The van der Waals surface area contributed by atoms with Gasteiger partial charge in [-0.25, -0.2) is 14.8 Å². The van der Waals surface area contributed by atoms with Crippen LogP contribution in [0.2, 0.25) is 0 Å². The maximum Gasteiger partial charge on any atom is 0.335 e. The number of nitrogens with one attached hydrogen (secondary N) is 1. The van der Waals surface area contributed by atoms with E-state index in [-0.39, 0.29) is 11.2 Å². The van der Waals surface area contributed by atoms with Crippen molar-refractivity contribution in [1.29, 1.82) is 0 Å². The number of aromatic nitrogens is 4. The van der Waals surface area contributed by atoms with Crippen LogP contribution in [0.25, 0.3) is 11.2 Å². The fraction of sp³-hybridized carbons (Fsp3) is 0.400. The number of nitrogens with zero attached hydrogens (tertiary/aromatic N) is 3. The molecule has 20 heavy (non-hydrogen) atoms. The topological polar surface area (TPSA) is 151 Å². The van der Waals surface area contributed by atoms with Crippen molar-refractivity contribution in [3.8, 4) is 0 Å². The van der Waals surface area contributed by atoms with Gasteiger partial charge in [0.2, 0.25) is 0 Å². The summed E-state index contributed by atoms with van der Waals surface area (Å²) in [5.41, 5.74) is -0.329. The van der Waals surface area contributed by atoms with E-state index >= 15 is 0 Å². The largest absolute Gasteiger partial charge is 0.479 e. The zero-order chi connectivity index (χ0) is 14.4. The third-order valence-electron chi connectivity index (χ3n) is 3.12. The summed E-state index contributed by atoms with van der Waals surface area (Å²) in [4.78, 5) is 32.5. The van der Waals surface area contributed by atoms with Gasteiger partial charge in [0.25, 0.3) is 5.56 Å². The molecule has 2 aromatic heterocycles. The fourth-order valence-electron chi connectivity index (χ4n) is 2.14. The number of aliphatic hydroxyl groups excluding tert-OH is 2. The molecule has 0 aromatic carbocycles. The SMILES string of the molecule is O=C(O)C1OC(n2cnc3c(=O)[nH]cnc32)C(O)C1O. The van der Waals surface area contributed by atoms with Gasteiger partial charge in [-0.1, -0.05) is 0 Å².